The second-order valence-corrected chi connectivity index (χ2v) is 8.20. The average Bonchev–Trinajstić information content (AvgIpc) is 2.88. The third kappa shape index (κ3) is 4.28. The summed E-state index contributed by atoms with van der Waals surface area (Å²) in [6, 6.07) is 8.74. The van der Waals surface area contributed by atoms with Gasteiger partial charge in [0, 0.05) is 17.4 Å². The monoisotopic (exact) mass is 413 g/mol. The molecule has 6 nitrogen and oxygen atoms in total. The van der Waals surface area contributed by atoms with E-state index in [2.05, 4.69) is 5.32 Å². The molecule has 0 fully saturated rings. The first-order chi connectivity index (χ1) is 12.9. The van der Waals surface area contributed by atoms with E-state index in [0.717, 1.165) is 17.7 Å². The predicted molar refractivity (Wildman–Crippen MR) is 98.4 cm³/mol. The number of alkyl halides is 3. The molecular formula is C18H18F3N3O3S. The largest absolute Gasteiger partial charge is 0.416 e. The van der Waals surface area contributed by atoms with Gasteiger partial charge in [-0.2, -0.15) is 13.2 Å². The predicted octanol–water partition coefficient (Wildman–Crippen LogP) is 2.74. The maximum atomic E-state index is 12.8. The van der Waals surface area contributed by atoms with Gasteiger partial charge in [0.1, 0.15) is 0 Å². The molecule has 0 spiro atoms. The van der Waals surface area contributed by atoms with Gasteiger partial charge in [0.2, 0.25) is 15.9 Å². The molecule has 3 N–H and O–H groups in total. The van der Waals surface area contributed by atoms with Crippen molar-refractivity contribution in [3.8, 4) is 0 Å². The molecule has 2 aromatic carbocycles. The number of sulfonamides is 1. The van der Waals surface area contributed by atoms with E-state index < -0.39 is 27.7 Å². The summed E-state index contributed by atoms with van der Waals surface area (Å²) in [5, 5.41) is 7.62. The lowest BCUT2D eigenvalue weighted by atomic mass is 10.1. The number of nitrogens with two attached hydrogens (primary N) is 1. The molecule has 28 heavy (non-hydrogen) atoms. The molecule has 0 aromatic heterocycles. The van der Waals surface area contributed by atoms with Gasteiger partial charge in [-0.15, -0.1) is 0 Å². The van der Waals surface area contributed by atoms with Crippen LogP contribution in [0.3, 0.4) is 0 Å². The van der Waals surface area contributed by atoms with Crippen LogP contribution in [0.2, 0.25) is 0 Å². The molecule has 3 rings (SSSR count). The second-order valence-electron chi connectivity index (χ2n) is 6.64. The van der Waals surface area contributed by atoms with Crippen LogP contribution in [0.4, 0.5) is 24.5 Å². The van der Waals surface area contributed by atoms with Crippen LogP contribution in [-0.4, -0.2) is 26.9 Å². The van der Waals surface area contributed by atoms with Crippen molar-refractivity contribution < 1.29 is 26.4 Å². The summed E-state index contributed by atoms with van der Waals surface area (Å²) in [5.41, 5.74) is 0.641. The Morgan fingerprint density at radius 2 is 1.96 bits per heavy atom. The smallest absolute Gasteiger partial charge is 0.359 e. The number of carbonyl (C=O) groups excluding carboxylic acids is 1. The summed E-state index contributed by atoms with van der Waals surface area (Å²) in [4.78, 5) is 14.1. The summed E-state index contributed by atoms with van der Waals surface area (Å²) < 4.78 is 61.4. The molecule has 0 radical (unpaired) electrons. The van der Waals surface area contributed by atoms with Gasteiger partial charge in [-0.3, -0.25) is 4.79 Å². The average molecular weight is 413 g/mol. The number of carbonyl (C=O) groups is 1. The van der Waals surface area contributed by atoms with Gasteiger partial charge in [-0.25, -0.2) is 13.6 Å². The van der Waals surface area contributed by atoms with E-state index in [1.54, 1.807) is 11.0 Å². The van der Waals surface area contributed by atoms with E-state index in [1.807, 2.05) is 6.92 Å². The third-order valence-corrected chi connectivity index (χ3v) is 5.43. The molecule has 1 aliphatic heterocycles. The van der Waals surface area contributed by atoms with Crippen LogP contribution >= 0.6 is 0 Å². The zero-order chi connectivity index (χ0) is 20.7. The number of anilines is 2. The number of hydrogen-bond donors (Lipinski definition) is 2. The first kappa shape index (κ1) is 20.2. The summed E-state index contributed by atoms with van der Waals surface area (Å²) in [5.74, 6) is -0.477. The van der Waals surface area contributed by atoms with Gasteiger partial charge in [0.05, 0.1) is 17.0 Å². The topological polar surface area (TPSA) is 92.5 Å². The lowest BCUT2D eigenvalue weighted by molar-refractivity contribution is -0.137. The lowest BCUT2D eigenvalue weighted by Gasteiger charge is -2.24. The zero-order valence-electron chi connectivity index (χ0n) is 14.8. The Morgan fingerprint density at radius 1 is 1.25 bits per heavy atom. The Kier molecular flexibility index (Phi) is 5.11. The van der Waals surface area contributed by atoms with Gasteiger partial charge in [-0.05, 0) is 55.3 Å². The molecule has 0 saturated heterocycles. The van der Waals surface area contributed by atoms with Crippen LogP contribution in [-0.2, 0) is 27.4 Å². The summed E-state index contributed by atoms with van der Waals surface area (Å²) in [6.45, 7) is 1.79. The highest BCUT2D eigenvalue weighted by Gasteiger charge is 2.31. The fraction of sp³-hybridized carbons (Fsp3) is 0.278. The van der Waals surface area contributed by atoms with Gasteiger partial charge in [-0.1, -0.05) is 6.07 Å². The van der Waals surface area contributed by atoms with Crippen LogP contribution < -0.4 is 15.4 Å². The van der Waals surface area contributed by atoms with Crippen molar-refractivity contribution in [1.82, 2.24) is 0 Å². The Bertz CT molecular complexity index is 1020. The Hall–Kier alpha value is -2.59. The molecule has 1 heterocycles. The second kappa shape index (κ2) is 7.10. The van der Waals surface area contributed by atoms with Gasteiger partial charge < -0.3 is 10.2 Å². The number of nitrogens with one attached hydrogen (secondary N) is 1. The van der Waals surface area contributed by atoms with Crippen molar-refractivity contribution >= 4 is 27.3 Å². The molecule has 1 aliphatic rings. The van der Waals surface area contributed by atoms with Crippen molar-refractivity contribution in [2.24, 2.45) is 5.14 Å². The zero-order valence-corrected chi connectivity index (χ0v) is 15.6. The fourth-order valence-corrected chi connectivity index (χ4v) is 3.78. The van der Waals surface area contributed by atoms with Crippen molar-refractivity contribution in [3.63, 3.8) is 0 Å². The van der Waals surface area contributed by atoms with E-state index in [-0.39, 0.29) is 23.2 Å². The number of halogens is 3. The number of primary sulfonamides is 1. The minimum atomic E-state index is -4.50. The standard InChI is InChI=1S/C18H18F3N3O3S/c1-11-7-12-8-15(28(22,26)27)5-6-16(12)24(11)10-17(25)23-14-4-2-3-13(9-14)18(19,20)21/h2-6,8-9,11H,7,10H2,1H3,(H,23,25)(H2,22,26,27). The molecule has 0 aliphatic carbocycles. The molecular weight excluding hydrogens is 395 g/mol. The first-order valence-electron chi connectivity index (χ1n) is 8.34. The number of hydrogen-bond acceptors (Lipinski definition) is 4. The molecule has 1 amide bonds. The highest BCUT2D eigenvalue weighted by molar-refractivity contribution is 7.89. The molecule has 0 saturated carbocycles. The molecule has 0 bridgehead atoms. The summed E-state index contributed by atoms with van der Waals surface area (Å²) in [6.07, 6.45) is -3.97. The molecule has 2 aromatic rings. The van der Waals surface area contributed by atoms with E-state index in [4.69, 9.17) is 5.14 Å². The van der Waals surface area contributed by atoms with Crippen LogP contribution in [0, 0.1) is 0 Å². The van der Waals surface area contributed by atoms with E-state index in [1.165, 1.54) is 24.3 Å². The Morgan fingerprint density at radius 3 is 2.61 bits per heavy atom. The van der Waals surface area contributed by atoms with E-state index >= 15 is 0 Å². The summed E-state index contributed by atoms with van der Waals surface area (Å²) in [7, 11) is -3.83. The quantitative estimate of drug-likeness (QED) is 0.806. The van der Waals surface area contributed by atoms with Gasteiger partial charge >= 0.3 is 6.18 Å². The van der Waals surface area contributed by atoms with Gasteiger partial charge in [0.25, 0.3) is 0 Å². The highest BCUT2D eigenvalue weighted by atomic mass is 32.2. The lowest BCUT2D eigenvalue weighted by Crippen LogP contribution is -2.37. The van der Waals surface area contributed by atoms with Gasteiger partial charge in [0.15, 0.2) is 0 Å². The molecule has 150 valence electrons. The van der Waals surface area contributed by atoms with Crippen LogP contribution in [0.5, 0.6) is 0 Å². The normalized spacial score (nSPS) is 16.8. The third-order valence-electron chi connectivity index (χ3n) is 4.52. The maximum Gasteiger partial charge on any atom is 0.416 e. The van der Waals surface area contributed by atoms with Crippen molar-refractivity contribution in [2.75, 3.05) is 16.8 Å². The van der Waals surface area contributed by atoms with Crippen molar-refractivity contribution in [3.05, 3.63) is 53.6 Å². The molecule has 10 heteroatoms. The van der Waals surface area contributed by atoms with Crippen LogP contribution in [0.25, 0.3) is 0 Å². The number of amides is 1. The summed E-state index contributed by atoms with van der Waals surface area (Å²) >= 11 is 0. The number of fused-ring (bicyclic) bond motifs is 1. The maximum absolute atomic E-state index is 12.8. The van der Waals surface area contributed by atoms with Crippen LogP contribution in [0.15, 0.2) is 47.4 Å². The molecule has 1 atom stereocenters. The number of rotatable bonds is 4. The number of benzene rings is 2. The van der Waals surface area contributed by atoms with Crippen molar-refractivity contribution in [2.45, 2.75) is 30.5 Å². The first-order valence-corrected chi connectivity index (χ1v) is 9.89. The fourth-order valence-electron chi connectivity index (χ4n) is 3.22. The van der Waals surface area contributed by atoms with E-state index in [0.29, 0.717) is 12.1 Å². The Labute approximate surface area is 160 Å². The van der Waals surface area contributed by atoms with E-state index in [9.17, 15) is 26.4 Å². The van der Waals surface area contributed by atoms with Crippen LogP contribution in [0.1, 0.15) is 18.1 Å². The minimum absolute atomic E-state index is 0.00582. The highest BCUT2D eigenvalue weighted by Crippen LogP contribution is 2.34. The van der Waals surface area contributed by atoms with Crippen molar-refractivity contribution in [1.29, 1.82) is 0 Å². The Balaban J connectivity index is 1.75. The number of nitrogens with zero attached hydrogens (tertiary/aromatic N) is 1. The SMILES string of the molecule is CC1Cc2cc(S(N)(=O)=O)ccc2N1CC(=O)Nc1cccc(C(F)(F)F)c1. The minimum Gasteiger partial charge on any atom is -0.359 e. The molecule has 1 unspecified atom stereocenters.